The van der Waals surface area contributed by atoms with Gasteiger partial charge in [-0.1, -0.05) is 47.5 Å². The van der Waals surface area contributed by atoms with E-state index < -0.39 is 0 Å². The van der Waals surface area contributed by atoms with Crippen LogP contribution in [0, 0.1) is 6.92 Å². The topological polar surface area (TPSA) is 17.8 Å². The number of benzene rings is 2. The number of aromatic nitrogens is 2. The molecule has 0 saturated heterocycles. The maximum atomic E-state index is 6.33. The number of halogens is 2. The summed E-state index contributed by atoms with van der Waals surface area (Å²) in [7, 11) is 0. The first-order valence-electron chi connectivity index (χ1n) is 6.44. The van der Waals surface area contributed by atoms with E-state index in [1.54, 1.807) is 0 Å². The smallest absolute Gasteiger partial charge is 0.125 e. The van der Waals surface area contributed by atoms with Crippen molar-refractivity contribution in [3.8, 4) is 0 Å². The molecule has 0 spiro atoms. The van der Waals surface area contributed by atoms with E-state index >= 15 is 0 Å². The summed E-state index contributed by atoms with van der Waals surface area (Å²) in [6, 6.07) is 14.2. The number of fused-ring (bicyclic) bond motifs is 1. The molecule has 0 radical (unpaired) electrons. The highest BCUT2D eigenvalue weighted by molar-refractivity contribution is 6.35. The highest BCUT2D eigenvalue weighted by Crippen LogP contribution is 2.26. The Kier molecular flexibility index (Phi) is 3.68. The summed E-state index contributed by atoms with van der Waals surface area (Å²) in [5, 5.41) is 0.707. The Morgan fingerprint density at radius 2 is 1.95 bits per heavy atom. The molecule has 0 fully saturated rings. The van der Waals surface area contributed by atoms with Crippen molar-refractivity contribution in [2.45, 2.75) is 19.3 Å². The van der Waals surface area contributed by atoms with Crippen LogP contribution in [0.15, 0.2) is 42.5 Å². The highest BCUT2D eigenvalue weighted by Gasteiger charge is 2.12. The Labute approximate surface area is 128 Å². The van der Waals surface area contributed by atoms with Gasteiger partial charge in [-0.3, -0.25) is 0 Å². The molecule has 0 amide bonds. The van der Waals surface area contributed by atoms with Gasteiger partial charge >= 0.3 is 0 Å². The van der Waals surface area contributed by atoms with Crippen molar-refractivity contribution < 1.29 is 0 Å². The summed E-state index contributed by atoms with van der Waals surface area (Å²) < 4.78 is 2.10. The molecule has 0 atom stereocenters. The molecule has 0 saturated carbocycles. The van der Waals surface area contributed by atoms with Crippen LogP contribution in [0.4, 0.5) is 0 Å². The van der Waals surface area contributed by atoms with Gasteiger partial charge in [-0.25, -0.2) is 4.98 Å². The van der Waals surface area contributed by atoms with Crippen molar-refractivity contribution in [3.05, 3.63) is 64.4 Å². The number of alkyl halides is 1. The third-order valence-electron chi connectivity index (χ3n) is 3.34. The lowest BCUT2D eigenvalue weighted by molar-refractivity contribution is 0.778. The summed E-state index contributed by atoms with van der Waals surface area (Å²) in [5.74, 6) is 1.22. The molecule has 0 bridgehead atoms. The van der Waals surface area contributed by atoms with E-state index in [-0.39, 0.29) is 0 Å². The fraction of sp³-hybridized carbons (Fsp3) is 0.188. The summed E-state index contributed by atoms with van der Waals surface area (Å²) in [4.78, 5) is 4.56. The lowest BCUT2D eigenvalue weighted by Gasteiger charge is -2.09. The molecule has 0 N–H and O–H groups in total. The second-order valence-electron chi connectivity index (χ2n) is 4.84. The number of nitrogens with zero attached hydrogens (tertiary/aromatic N) is 2. The van der Waals surface area contributed by atoms with Crippen LogP contribution in [-0.2, 0) is 12.4 Å². The molecular formula is C16H14Cl2N2. The molecule has 0 unspecified atom stereocenters. The summed E-state index contributed by atoms with van der Waals surface area (Å²) >= 11 is 12.4. The Morgan fingerprint density at radius 1 is 1.15 bits per heavy atom. The van der Waals surface area contributed by atoms with Crippen molar-refractivity contribution in [2.75, 3.05) is 0 Å². The first-order chi connectivity index (χ1) is 9.69. The molecule has 102 valence electrons. The predicted octanol–water partition coefficient (Wildman–Crippen LogP) is 4.79. The summed E-state index contributed by atoms with van der Waals surface area (Å²) in [6.45, 7) is 2.81. The normalized spacial score (nSPS) is 11.2. The third kappa shape index (κ3) is 2.41. The maximum absolute atomic E-state index is 6.33. The van der Waals surface area contributed by atoms with Crippen LogP contribution in [0.1, 0.15) is 17.0 Å². The van der Waals surface area contributed by atoms with Crippen LogP contribution in [0.3, 0.4) is 0 Å². The van der Waals surface area contributed by atoms with Crippen molar-refractivity contribution in [3.63, 3.8) is 0 Å². The van der Waals surface area contributed by atoms with E-state index in [2.05, 4.69) is 40.7 Å². The van der Waals surface area contributed by atoms with E-state index in [4.69, 9.17) is 23.2 Å². The monoisotopic (exact) mass is 304 g/mol. The van der Waals surface area contributed by atoms with E-state index in [0.29, 0.717) is 10.9 Å². The second-order valence-corrected chi connectivity index (χ2v) is 5.52. The number of hydrogen-bond acceptors (Lipinski definition) is 1. The van der Waals surface area contributed by atoms with Gasteiger partial charge in [0.25, 0.3) is 0 Å². The molecule has 0 aliphatic carbocycles. The minimum Gasteiger partial charge on any atom is -0.321 e. The lowest BCUT2D eigenvalue weighted by atomic mass is 10.1. The van der Waals surface area contributed by atoms with Gasteiger partial charge in [0.05, 0.1) is 21.9 Å². The number of aryl methyl sites for hydroxylation is 1. The van der Waals surface area contributed by atoms with Crippen LogP contribution in [0.25, 0.3) is 11.0 Å². The zero-order valence-electron chi connectivity index (χ0n) is 11.1. The molecule has 2 nitrogen and oxygen atoms in total. The molecule has 4 heteroatoms. The van der Waals surface area contributed by atoms with Gasteiger partial charge in [0, 0.05) is 6.54 Å². The highest BCUT2D eigenvalue weighted by atomic mass is 35.5. The van der Waals surface area contributed by atoms with E-state index in [9.17, 15) is 0 Å². The summed E-state index contributed by atoms with van der Waals surface area (Å²) in [6.07, 6.45) is 0. The molecule has 3 aromatic rings. The van der Waals surface area contributed by atoms with Crippen molar-refractivity contribution >= 4 is 34.2 Å². The Hall–Kier alpha value is -1.51. The standard InChI is InChI=1S/C16H14Cl2N2/c1-11-4-2-5-12(8-11)10-20-15(9-17)19-14-7-3-6-13(18)16(14)20/h2-8H,9-10H2,1H3. The predicted molar refractivity (Wildman–Crippen MR) is 84.6 cm³/mol. The Balaban J connectivity index is 2.14. The molecule has 2 aromatic carbocycles. The van der Waals surface area contributed by atoms with E-state index in [0.717, 1.165) is 23.4 Å². The second kappa shape index (κ2) is 5.47. The molecule has 0 aliphatic heterocycles. The minimum atomic E-state index is 0.372. The molecule has 20 heavy (non-hydrogen) atoms. The number of para-hydroxylation sites is 1. The van der Waals surface area contributed by atoms with Gasteiger partial charge in [-0.15, -0.1) is 11.6 Å². The SMILES string of the molecule is Cc1cccc(Cn2c(CCl)nc3cccc(Cl)c32)c1. The molecule has 1 aromatic heterocycles. The van der Waals surface area contributed by atoms with Gasteiger partial charge in [0.1, 0.15) is 5.82 Å². The quantitative estimate of drug-likeness (QED) is 0.636. The van der Waals surface area contributed by atoms with Gasteiger partial charge < -0.3 is 4.57 Å². The molecule has 0 aliphatic rings. The number of hydrogen-bond donors (Lipinski definition) is 0. The van der Waals surface area contributed by atoms with E-state index in [1.807, 2.05) is 18.2 Å². The zero-order chi connectivity index (χ0) is 14.1. The van der Waals surface area contributed by atoms with Crippen molar-refractivity contribution in [1.29, 1.82) is 0 Å². The zero-order valence-corrected chi connectivity index (χ0v) is 12.6. The average molecular weight is 305 g/mol. The fourth-order valence-electron chi connectivity index (χ4n) is 2.46. The summed E-state index contributed by atoms with van der Waals surface area (Å²) in [5.41, 5.74) is 4.30. The van der Waals surface area contributed by atoms with Crippen LogP contribution < -0.4 is 0 Å². The van der Waals surface area contributed by atoms with Crippen LogP contribution in [0.2, 0.25) is 5.02 Å². The van der Waals surface area contributed by atoms with Crippen LogP contribution in [-0.4, -0.2) is 9.55 Å². The largest absolute Gasteiger partial charge is 0.321 e. The minimum absolute atomic E-state index is 0.372. The van der Waals surface area contributed by atoms with Gasteiger partial charge in [-0.2, -0.15) is 0 Å². The van der Waals surface area contributed by atoms with Crippen molar-refractivity contribution in [2.24, 2.45) is 0 Å². The van der Waals surface area contributed by atoms with E-state index in [1.165, 1.54) is 11.1 Å². The maximum Gasteiger partial charge on any atom is 0.125 e. The number of imidazole rings is 1. The van der Waals surface area contributed by atoms with Crippen LogP contribution >= 0.6 is 23.2 Å². The molecule has 1 heterocycles. The van der Waals surface area contributed by atoms with Gasteiger partial charge in [0.2, 0.25) is 0 Å². The fourth-order valence-corrected chi connectivity index (χ4v) is 2.93. The first-order valence-corrected chi connectivity index (χ1v) is 7.35. The average Bonchev–Trinajstić information content (AvgIpc) is 2.78. The third-order valence-corrected chi connectivity index (χ3v) is 3.88. The van der Waals surface area contributed by atoms with Gasteiger partial charge in [0.15, 0.2) is 0 Å². The molecule has 3 rings (SSSR count). The first kappa shape index (κ1) is 13.5. The lowest BCUT2D eigenvalue weighted by Crippen LogP contribution is -2.04. The van der Waals surface area contributed by atoms with Crippen molar-refractivity contribution in [1.82, 2.24) is 9.55 Å². The Bertz CT molecular complexity index is 762. The van der Waals surface area contributed by atoms with Crippen LogP contribution in [0.5, 0.6) is 0 Å². The van der Waals surface area contributed by atoms with Gasteiger partial charge in [-0.05, 0) is 24.6 Å². The Morgan fingerprint density at radius 3 is 2.70 bits per heavy atom. The number of rotatable bonds is 3. The molecular weight excluding hydrogens is 291 g/mol.